The number of hydrogen-bond donors (Lipinski definition) is 1. The Hall–Kier alpha value is -1.54. The van der Waals surface area contributed by atoms with Gasteiger partial charge in [0.25, 0.3) is 0 Å². The number of carbonyl (C=O) groups is 2. The number of halogens is 2. The van der Waals surface area contributed by atoms with Gasteiger partial charge in [-0.25, -0.2) is 4.79 Å². The molecular weight excluding hydrogens is 441 g/mol. The third-order valence-corrected chi connectivity index (χ3v) is 6.71. The molecular formula is C22H31Cl2N3O4. The number of amides is 2. The van der Waals surface area contributed by atoms with E-state index in [2.05, 4.69) is 10.2 Å². The molecule has 9 heteroatoms. The van der Waals surface area contributed by atoms with Gasteiger partial charge in [-0.1, -0.05) is 29.3 Å². The van der Waals surface area contributed by atoms with E-state index in [0.717, 1.165) is 44.5 Å². The van der Waals surface area contributed by atoms with Crippen LogP contribution in [0.1, 0.15) is 31.2 Å². The molecule has 2 aliphatic rings. The van der Waals surface area contributed by atoms with Gasteiger partial charge in [0.1, 0.15) is 0 Å². The molecule has 0 aliphatic carbocycles. The fourth-order valence-electron chi connectivity index (χ4n) is 4.13. The number of likely N-dealkylation sites (tertiary alicyclic amines) is 1. The first-order valence-corrected chi connectivity index (χ1v) is 11.6. The van der Waals surface area contributed by atoms with Crippen molar-refractivity contribution < 1.29 is 19.1 Å². The highest BCUT2D eigenvalue weighted by atomic mass is 35.5. The van der Waals surface area contributed by atoms with E-state index in [9.17, 15) is 9.59 Å². The zero-order chi connectivity index (χ0) is 22.2. The Morgan fingerprint density at radius 3 is 2.68 bits per heavy atom. The average Bonchev–Trinajstić information content (AvgIpc) is 2.79. The number of nitrogens with zero attached hydrogens (tertiary/aromatic N) is 2. The molecule has 2 saturated heterocycles. The summed E-state index contributed by atoms with van der Waals surface area (Å²) in [5.74, 6) is 0.528. The molecule has 2 heterocycles. The number of piperidine rings is 1. The van der Waals surface area contributed by atoms with Crippen molar-refractivity contribution in [3.63, 3.8) is 0 Å². The van der Waals surface area contributed by atoms with Crippen LogP contribution in [0.25, 0.3) is 0 Å². The highest BCUT2D eigenvalue weighted by Gasteiger charge is 2.24. The van der Waals surface area contributed by atoms with Gasteiger partial charge in [-0.2, -0.15) is 0 Å². The summed E-state index contributed by atoms with van der Waals surface area (Å²) in [6, 6.07) is 5.69. The molecule has 3 rings (SSSR count). The molecule has 2 amide bonds. The van der Waals surface area contributed by atoms with Crippen molar-refractivity contribution in [3.05, 3.63) is 33.8 Å². The van der Waals surface area contributed by atoms with Gasteiger partial charge >= 0.3 is 6.09 Å². The number of morpholine rings is 1. The first-order chi connectivity index (χ1) is 14.9. The van der Waals surface area contributed by atoms with Crippen molar-refractivity contribution in [2.45, 2.75) is 38.3 Å². The van der Waals surface area contributed by atoms with Gasteiger partial charge < -0.3 is 19.7 Å². The summed E-state index contributed by atoms with van der Waals surface area (Å²) in [6.07, 6.45) is 2.88. The molecule has 1 aromatic rings. The second-order valence-corrected chi connectivity index (χ2v) is 9.03. The normalized spacial score (nSPS) is 20.5. The van der Waals surface area contributed by atoms with Crippen LogP contribution in [0, 0.1) is 5.92 Å². The molecule has 0 bridgehead atoms. The van der Waals surface area contributed by atoms with E-state index in [1.54, 1.807) is 4.90 Å². The number of ether oxygens (including phenoxy) is 2. The van der Waals surface area contributed by atoms with Crippen LogP contribution in [0.4, 0.5) is 4.79 Å². The number of carbonyl (C=O) groups excluding carboxylic acids is 2. The summed E-state index contributed by atoms with van der Waals surface area (Å²) in [7, 11) is 1.40. The SMILES string of the molecule is COC(=O)N1CCC(CCC(=O)NC[C@H]2CN(Cc3ccc(Cl)c(Cl)c3)CCO2)CC1. The Kier molecular flexibility index (Phi) is 9.26. The van der Waals surface area contributed by atoms with Crippen molar-refractivity contribution in [1.29, 1.82) is 0 Å². The number of nitrogens with one attached hydrogen (secondary N) is 1. The smallest absolute Gasteiger partial charge is 0.409 e. The quantitative estimate of drug-likeness (QED) is 0.657. The lowest BCUT2D eigenvalue weighted by Crippen LogP contribution is -2.47. The lowest BCUT2D eigenvalue weighted by atomic mass is 9.92. The molecule has 1 atom stereocenters. The van der Waals surface area contributed by atoms with E-state index in [0.29, 0.717) is 48.6 Å². The Balaban J connectivity index is 1.33. The van der Waals surface area contributed by atoms with Gasteiger partial charge in [-0.15, -0.1) is 0 Å². The van der Waals surface area contributed by atoms with Crippen molar-refractivity contribution in [2.24, 2.45) is 5.92 Å². The Bertz CT molecular complexity index is 756. The predicted octanol–water partition coefficient (Wildman–Crippen LogP) is 3.57. The molecule has 1 N–H and O–H groups in total. The first kappa shape index (κ1) is 24.1. The van der Waals surface area contributed by atoms with Gasteiger partial charge in [0.2, 0.25) is 5.91 Å². The van der Waals surface area contributed by atoms with E-state index in [1.165, 1.54) is 7.11 Å². The second-order valence-electron chi connectivity index (χ2n) is 8.22. The van der Waals surface area contributed by atoms with E-state index in [1.807, 2.05) is 18.2 Å². The van der Waals surface area contributed by atoms with Gasteiger partial charge in [0, 0.05) is 45.7 Å². The topological polar surface area (TPSA) is 71.1 Å². The molecule has 172 valence electrons. The van der Waals surface area contributed by atoms with Crippen LogP contribution in [-0.4, -0.2) is 74.3 Å². The lowest BCUT2D eigenvalue weighted by Gasteiger charge is -2.33. The van der Waals surface area contributed by atoms with Gasteiger partial charge in [-0.05, 0) is 42.9 Å². The monoisotopic (exact) mass is 471 g/mol. The number of rotatable bonds is 7. The minimum Gasteiger partial charge on any atom is -0.453 e. The van der Waals surface area contributed by atoms with E-state index in [-0.39, 0.29) is 18.1 Å². The minimum atomic E-state index is -0.267. The Labute approximate surface area is 193 Å². The number of methoxy groups -OCH3 is 1. The maximum atomic E-state index is 12.3. The van der Waals surface area contributed by atoms with Crippen molar-refractivity contribution >= 4 is 35.2 Å². The molecule has 0 aromatic heterocycles. The molecule has 0 saturated carbocycles. The van der Waals surface area contributed by atoms with E-state index < -0.39 is 0 Å². The molecule has 7 nitrogen and oxygen atoms in total. The standard InChI is InChI=1S/C22H31Cl2N3O4/c1-30-22(29)27-8-6-16(7-9-27)3-5-21(28)25-13-18-15-26(10-11-31-18)14-17-2-4-19(23)20(24)12-17/h2,4,12,16,18H,3,5-11,13-15H2,1H3,(H,25,28)/t18-/m0/s1. The maximum Gasteiger partial charge on any atom is 0.409 e. The van der Waals surface area contributed by atoms with Gasteiger partial charge in [0.15, 0.2) is 0 Å². The van der Waals surface area contributed by atoms with Crippen LogP contribution < -0.4 is 5.32 Å². The van der Waals surface area contributed by atoms with Crippen LogP contribution in [0.3, 0.4) is 0 Å². The molecule has 0 radical (unpaired) electrons. The van der Waals surface area contributed by atoms with Crippen LogP contribution >= 0.6 is 23.2 Å². The van der Waals surface area contributed by atoms with E-state index >= 15 is 0 Å². The number of hydrogen-bond acceptors (Lipinski definition) is 5. The van der Waals surface area contributed by atoms with Crippen LogP contribution in [0.5, 0.6) is 0 Å². The summed E-state index contributed by atoms with van der Waals surface area (Å²) in [5.41, 5.74) is 1.11. The lowest BCUT2D eigenvalue weighted by molar-refractivity contribution is -0.122. The molecule has 1 aromatic carbocycles. The summed E-state index contributed by atoms with van der Waals surface area (Å²) in [5, 5.41) is 4.14. The molecule has 2 aliphatic heterocycles. The van der Waals surface area contributed by atoms with E-state index in [4.69, 9.17) is 32.7 Å². The predicted molar refractivity (Wildman–Crippen MR) is 120 cm³/mol. The number of benzene rings is 1. The fourth-order valence-corrected chi connectivity index (χ4v) is 4.45. The van der Waals surface area contributed by atoms with Crippen molar-refractivity contribution in [2.75, 3.05) is 46.4 Å². The van der Waals surface area contributed by atoms with Crippen molar-refractivity contribution in [1.82, 2.24) is 15.1 Å². The Morgan fingerprint density at radius 1 is 1.19 bits per heavy atom. The van der Waals surface area contributed by atoms with Crippen LogP contribution in [0.2, 0.25) is 10.0 Å². The summed E-state index contributed by atoms with van der Waals surface area (Å²) >= 11 is 12.1. The zero-order valence-electron chi connectivity index (χ0n) is 17.9. The molecule has 0 spiro atoms. The minimum absolute atomic E-state index is 0.0243. The third-order valence-electron chi connectivity index (χ3n) is 5.97. The van der Waals surface area contributed by atoms with Gasteiger partial charge in [-0.3, -0.25) is 9.69 Å². The Morgan fingerprint density at radius 2 is 1.97 bits per heavy atom. The van der Waals surface area contributed by atoms with Gasteiger partial charge in [0.05, 0.1) is 29.9 Å². The summed E-state index contributed by atoms with van der Waals surface area (Å²) in [4.78, 5) is 27.9. The van der Waals surface area contributed by atoms with Crippen LogP contribution in [-0.2, 0) is 20.8 Å². The third kappa shape index (κ3) is 7.52. The van der Waals surface area contributed by atoms with Crippen LogP contribution in [0.15, 0.2) is 18.2 Å². The second kappa shape index (κ2) is 11.9. The molecule has 31 heavy (non-hydrogen) atoms. The molecule has 2 fully saturated rings. The van der Waals surface area contributed by atoms with Crippen molar-refractivity contribution in [3.8, 4) is 0 Å². The maximum absolute atomic E-state index is 12.3. The highest BCUT2D eigenvalue weighted by molar-refractivity contribution is 6.42. The summed E-state index contributed by atoms with van der Waals surface area (Å²) in [6.45, 7) is 4.92. The zero-order valence-corrected chi connectivity index (χ0v) is 19.5. The summed E-state index contributed by atoms with van der Waals surface area (Å²) < 4.78 is 10.6. The highest BCUT2D eigenvalue weighted by Crippen LogP contribution is 2.24. The largest absolute Gasteiger partial charge is 0.453 e. The average molecular weight is 472 g/mol. The molecule has 0 unspecified atom stereocenters. The fraction of sp³-hybridized carbons (Fsp3) is 0.636. The first-order valence-electron chi connectivity index (χ1n) is 10.8.